The zero-order valence-electron chi connectivity index (χ0n) is 9.41. The second kappa shape index (κ2) is 6.03. The van der Waals surface area contributed by atoms with Crippen molar-refractivity contribution >= 4 is 29.0 Å². The van der Waals surface area contributed by atoms with Gasteiger partial charge in [-0.1, -0.05) is 41.9 Å². The number of nitrogens with one attached hydrogen (secondary N) is 1. The maximum absolute atomic E-state index is 13.5. The monoisotopic (exact) mass is 284 g/mol. The summed E-state index contributed by atoms with van der Waals surface area (Å²) < 4.78 is 13.5. The number of hydrogen-bond donors (Lipinski definition) is 1. The summed E-state index contributed by atoms with van der Waals surface area (Å²) >= 11 is 11.8. The van der Waals surface area contributed by atoms with Gasteiger partial charge in [0.15, 0.2) is 11.6 Å². The van der Waals surface area contributed by atoms with Gasteiger partial charge in [-0.05, 0) is 11.6 Å². The first-order valence-corrected chi connectivity index (χ1v) is 6.22. The minimum atomic E-state index is -0.487. The minimum absolute atomic E-state index is 0.154. The van der Waals surface area contributed by atoms with Crippen LogP contribution in [0.3, 0.4) is 0 Å². The van der Waals surface area contributed by atoms with Crippen molar-refractivity contribution < 1.29 is 4.39 Å². The van der Waals surface area contributed by atoms with E-state index in [0.717, 1.165) is 5.56 Å². The number of benzene rings is 1. The van der Waals surface area contributed by atoms with E-state index in [2.05, 4.69) is 10.3 Å². The van der Waals surface area contributed by atoms with Gasteiger partial charge in [-0.2, -0.15) is 0 Å². The molecule has 94 valence electrons. The maximum atomic E-state index is 13.5. The first-order chi connectivity index (χ1) is 8.66. The molecule has 1 atom stereocenters. The molecule has 18 heavy (non-hydrogen) atoms. The van der Waals surface area contributed by atoms with E-state index < -0.39 is 5.82 Å². The number of pyridine rings is 1. The SMILES string of the molecule is Fc1cc(Cl)cnc1NCC(Cl)c1ccccc1. The average molecular weight is 285 g/mol. The van der Waals surface area contributed by atoms with Crippen molar-refractivity contribution in [1.82, 2.24) is 4.98 Å². The van der Waals surface area contributed by atoms with Gasteiger partial charge in [0.25, 0.3) is 0 Å². The fourth-order valence-electron chi connectivity index (χ4n) is 1.51. The molecule has 1 aromatic heterocycles. The molecule has 0 spiro atoms. The van der Waals surface area contributed by atoms with Crippen LogP contribution < -0.4 is 5.32 Å². The van der Waals surface area contributed by atoms with Crippen LogP contribution in [0.2, 0.25) is 5.02 Å². The van der Waals surface area contributed by atoms with Crippen LogP contribution in [0.4, 0.5) is 10.2 Å². The van der Waals surface area contributed by atoms with Gasteiger partial charge in [-0.25, -0.2) is 9.37 Å². The first-order valence-electron chi connectivity index (χ1n) is 5.41. The van der Waals surface area contributed by atoms with Gasteiger partial charge in [-0.15, -0.1) is 11.6 Å². The topological polar surface area (TPSA) is 24.9 Å². The lowest BCUT2D eigenvalue weighted by molar-refractivity contribution is 0.624. The van der Waals surface area contributed by atoms with Crippen molar-refractivity contribution in [2.75, 3.05) is 11.9 Å². The lowest BCUT2D eigenvalue weighted by Gasteiger charge is -2.12. The highest BCUT2D eigenvalue weighted by molar-refractivity contribution is 6.30. The van der Waals surface area contributed by atoms with Gasteiger partial charge in [0.1, 0.15) is 0 Å². The summed E-state index contributed by atoms with van der Waals surface area (Å²) in [6.07, 6.45) is 1.39. The summed E-state index contributed by atoms with van der Waals surface area (Å²) in [4.78, 5) is 3.87. The largest absolute Gasteiger partial charge is 0.366 e. The molecular weight excluding hydrogens is 274 g/mol. The Bertz CT molecular complexity index is 520. The maximum Gasteiger partial charge on any atom is 0.166 e. The van der Waals surface area contributed by atoms with Gasteiger partial charge in [0.2, 0.25) is 0 Å². The van der Waals surface area contributed by atoms with Crippen molar-refractivity contribution in [3.63, 3.8) is 0 Å². The molecule has 0 bridgehead atoms. The van der Waals surface area contributed by atoms with Gasteiger partial charge in [0.05, 0.1) is 10.4 Å². The highest BCUT2D eigenvalue weighted by Crippen LogP contribution is 2.21. The molecule has 0 amide bonds. The molecule has 2 aromatic rings. The van der Waals surface area contributed by atoms with Gasteiger partial charge >= 0.3 is 0 Å². The van der Waals surface area contributed by atoms with Crippen LogP contribution in [-0.4, -0.2) is 11.5 Å². The third kappa shape index (κ3) is 3.34. The van der Waals surface area contributed by atoms with E-state index in [1.54, 1.807) is 0 Å². The Morgan fingerprint density at radius 1 is 1.28 bits per heavy atom. The molecule has 0 fully saturated rings. The summed E-state index contributed by atoms with van der Waals surface area (Å²) in [5.41, 5.74) is 0.973. The Kier molecular flexibility index (Phi) is 4.39. The fourth-order valence-corrected chi connectivity index (χ4v) is 1.88. The number of hydrogen-bond acceptors (Lipinski definition) is 2. The van der Waals surface area contributed by atoms with Crippen LogP contribution >= 0.6 is 23.2 Å². The van der Waals surface area contributed by atoms with Crippen molar-refractivity contribution in [3.8, 4) is 0 Å². The highest BCUT2D eigenvalue weighted by atomic mass is 35.5. The Morgan fingerprint density at radius 2 is 2.00 bits per heavy atom. The molecule has 0 saturated carbocycles. The van der Waals surface area contributed by atoms with E-state index in [-0.39, 0.29) is 16.2 Å². The van der Waals surface area contributed by atoms with Crippen LogP contribution in [0.1, 0.15) is 10.9 Å². The Balaban J connectivity index is 1.99. The summed E-state index contributed by atoms with van der Waals surface area (Å²) in [6.45, 7) is 0.386. The normalized spacial score (nSPS) is 12.2. The lowest BCUT2D eigenvalue weighted by Crippen LogP contribution is -2.10. The zero-order chi connectivity index (χ0) is 13.0. The molecule has 0 aliphatic heterocycles. The summed E-state index contributed by atoms with van der Waals surface area (Å²) in [5.74, 6) is -0.333. The molecule has 0 aliphatic carbocycles. The second-order valence-electron chi connectivity index (χ2n) is 3.74. The molecular formula is C13H11Cl2FN2. The third-order valence-corrected chi connectivity index (χ3v) is 3.03. The van der Waals surface area contributed by atoms with E-state index in [9.17, 15) is 4.39 Å². The summed E-state index contributed by atoms with van der Waals surface area (Å²) in [6, 6.07) is 10.8. The molecule has 0 radical (unpaired) electrons. The molecule has 2 nitrogen and oxygen atoms in total. The number of anilines is 1. The Hall–Kier alpha value is -1.32. The van der Waals surface area contributed by atoms with Crippen molar-refractivity contribution in [2.24, 2.45) is 0 Å². The summed E-state index contributed by atoms with van der Waals surface area (Å²) in [7, 11) is 0. The minimum Gasteiger partial charge on any atom is -0.366 e. The van der Waals surface area contributed by atoms with Crippen molar-refractivity contribution in [1.29, 1.82) is 0 Å². The van der Waals surface area contributed by atoms with Crippen molar-refractivity contribution in [3.05, 3.63) is 59.0 Å². The zero-order valence-corrected chi connectivity index (χ0v) is 10.9. The van der Waals surface area contributed by atoms with Crippen molar-refractivity contribution in [2.45, 2.75) is 5.38 Å². The molecule has 1 unspecified atom stereocenters. The molecule has 2 rings (SSSR count). The van der Waals surface area contributed by atoms with Crippen LogP contribution in [0.15, 0.2) is 42.6 Å². The smallest absolute Gasteiger partial charge is 0.166 e. The Labute approximate surface area is 115 Å². The predicted molar refractivity (Wildman–Crippen MR) is 72.7 cm³/mol. The number of alkyl halides is 1. The molecule has 1 aromatic carbocycles. The molecule has 1 heterocycles. The lowest BCUT2D eigenvalue weighted by atomic mass is 10.1. The quantitative estimate of drug-likeness (QED) is 0.849. The molecule has 0 saturated heterocycles. The highest BCUT2D eigenvalue weighted by Gasteiger charge is 2.09. The van der Waals surface area contributed by atoms with E-state index in [0.29, 0.717) is 6.54 Å². The van der Waals surface area contributed by atoms with E-state index in [1.807, 2.05) is 30.3 Å². The van der Waals surface area contributed by atoms with Gasteiger partial charge < -0.3 is 5.32 Å². The number of halogens is 3. The fraction of sp³-hybridized carbons (Fsp3) is 0.154. The average Bonchev–Trinajstić information content (AvgIpc) is 2.38. The van der Waals surface area contributed by atoms with Crippen LogP contribution in [0.5, 0.6) is 0 Å². The van der Waals surface area contributed by atoms with E-state index in [4.69, 9.17) is 23.2 Å². The number of aromatic nitrogens is 1. The van der Waals surface area contributed by atoms with Crippen LogP contribution in [0, 0.1) is 5.82 Å². The van der Waals surface area contributed by atoms with E-state index in [1.165, 1.54) is 12.3 Å². The molecule has 5 heteroatoms. The van der Waals surface area contributed by atoms with E-state index >= 15 is 0 Å². The van der Waals surface area contributed by atoms with Gasteiger partial charge in [-0.3, -0.25) is 0 Å². The van der Waals surface area contributed by atoms with Crippen LogP contribution in [-0.2, 0) is 0 Å². The first kappa shape index (κ1) is 13.1. The second-order valence-corrected chi connectivity index (χ2v) is 4.71. The summed E-state index contributed by atoms with van der Waals surface area (Å²) in [5, 5.41) is 2.88. The molecule has 0 aliphatic rings. The standard InChI is InChI=1S/C13H11Cl2FN2/c14-10-6-12(16)13(17-7-10)18-8-11(15)9-4-2-1-3-5-9/h1-7,11H,8H2,(H,17,18). The number of nitrogens with zero attached hydrogens (tertiary/aromatic N) is 1. The van der Waals surface area contributed by atoms with Gasteiger partial charge in [0, 0.05) is 12.7 Å². The molecule has 1 N–H and O–H groups in total. The number of rotatable bonds is 4. The third-order valence-electron chi connectivity index (χ3n) is 2.42. The van der Waals surface area contributed by atoms with Crippen LogP contribution in [0.25, 0.3) is 0 Å². The Morgan fingerprint density at radius 3 is 2.67 bits per heavy atom. The predicted octanol–water partition coefficient (Wildman–Crippen LogP) is 4.27.